The van der Waals surface area contributed by atoms with E-state index in [9.17, 15) is 9.90 Å². The van der Waals surface area contributed by atoms with Crippen LogP contribution in [0, 0.1) is 0 Å². The maximum Gasteiger partial charge on any atom is 0.325 e. The molecule has 0 aromatic carbocycles. The van der Waals surface area contributed by atoms with Crippen LogP contribution in [0.3, 0.4) is 0 Å². The van der Waals surface area contributed by atoms with Crippen LogP contribution in [-0.2, 0) is 9.53 Å². The van der Waals surface area contributed by atoms with E-state index in [1.165, 1.54) is 7.11 Å². The summed E-state index contributed by atoms with van der Waals surface area (Å²) in [7, 11) is 1.42. The molecule has 19 heavy (non-hydrogen) atoms. The van der Waals surface area contributed by atoms with Crippen molar-refractivity contribution in [2.45, 2.75) is 69.6 Å². The number of aliphatic hydroxyl groups excluding tert-OH is 1. The van der Waals surface area contributed by atoms with E-state index in [-0.39, 0.29) is 22.6 Å². The number of hydrogen-bond acceptors (Lipinski definition) is 5. The van der Waals surface area contributed by atoms with Crippen molar-refractivity contribution in [2.75, 3.05) is 13.7 Å². The predicted octanol–water partition coefficient (Wildman–Crippen LogP) is 2.20. The van der Waals surface area contributed by atoms with Crippen molar-refractivity contribution in [1.29, 1.82) is 0 Å². The number of hydrogen-bond donors (Lipinski definition) is 2. The van der Waals surface area contributed by atoms with Gasteiger partial charge < -0.3 is 15.2 Å². The Balaban J connectivity index is 4.58. The van der Waals surface area contributed by atoms with Gasteiger partial charge in [-0.1, -0.05) is 20.8 Å². The molecule has 0 amide bonds. The van der Waals surface area contributed by atoms with Gasteiger partial charge in [-0.25, -0.2) is 0 Å². The van der Waals surface area contributed by atoms with Gasteiger partial charge in [0.2, 0.25) is 0 Å². The third kappa shape index (κ3) is 6.63. The van der Waals surface area contributed by atoms with Crippen LogP contribution in [0.4, 0.5) is 0 Å². The highest BCUT2D eigenvalue weighted by Crippen LogP contribution is 2.27. The molecule has 0 spiro atoms. The fourth-order valence-electron chi connectivity index (χ4n) is 1.96. The summed E-state index contributed by atoms with van der Waals surface area (Å²) in [4.78, 5) is 12.0. The molecule has 0 aromatic heterocycles. The molecule has 0 aliphatic carbocycles. The van der Waals surface area contributed by atoms with Gasteiger partial charge in [0.15, 0.2) is 0 Å². The van der Waals surface area contributed by atoms with E-state index in [1.807, 2.05) is 13.8 Å². The van der Waals surface area contributed by atoms with Crippen LogP contribution >= 0.6 is 11.8 Å². The van der Waals surface area contributed by atoms with Gasteiger partial charge in [-0.05, 0) is 33.2 Å². The van der Waals surface area contributed by atoms with Crippen molar-refractivity contribution >= 4 is 17.7 Å². The van der Waals surface area contributed by atoms with Crippen LogP contribution in [0.1, 0.15) is 47.5 Å². The van der Waals surface area contributed by atoms with Crippen molar-refractivity contribution in [3.8, 4) is 0 Å². The lowest BCUT2D eigenvalue weighted by atomic mass is 9.96. The molecular formula is C14H29NO3S. The maximum atomic E-state index is 12.0. The van der Waals surface area contributed by atoms with Crippen molar-refractivity contribution in [1.82, 2.24) is 5.32 Å². The van der Waals surface area contributed by atoms with Crippen LogP contribution < -0.4 is 5.32 Å². The molecule has 0 rings (SSSR count). The lowest BCUT2D eigenvalue weighted by Gasteiger charge is -2.31. The predicted molar refractivity (Wildman–Crippen MR) is 81.5 cm³/mol. The number of thioether (sulfide) groups is 1. The molecule has 5 heteroatoms. The number of rotatable bonds is 9. The Bertz CT molecular complexity index is 273. The highest BCUT2D eigenvalue weighted by Gasteiger charge is 2.35. The van der Waals surface area contributed by atoms with Gasteiger partial charge in [0, 0.05) is 10.5 Å². The molecule has 114 valence electrons. The molecule has 0 aliphatic heterocycles. The number of ether oxygens (including phenoxy) is 1. The zero-order valence-electron chi connectivity index (χ0n) is 13.0. The number of carbonyl (C=O) groups is 1. The largest absolute Gasteiger partial charge is 0.468 e. The number of aliphatic hydroxyl groups is 1. The Morgan fingerprint density at radius 1 is 1.42 bits per heavy atom. The van der Waals surface area contributed by atoms with Gasteiger partial charge >= 0.3 is 5.97 Å². The quantitative estimate of drug-likeness (QED) is 0.638. The SMILES string of the molecule is CCCNC(C)(CC(C)SC(C)C(C)O)C(=O)OC. The van der Waals surface area contributed by atoms with Crippen LogP contribution in [0.5, 0.6) is 0 Å². The van der Waals surface area contributed by atoms with E-state index in [0.29, 0.717) is 6.42 Å². The minimum atomic E-state index is -0.657. The first-order valence-corrected chi connectivity index (χ1v) is 7.88. The minimum Gasteiger partial charge on any atom is -0.468 e. The second kappa shape index (κ2) is 8.82. The Labute approximate surface area is 121 Å². The highest BCUT2D eigenvalue weighted by molar-refractivity contribution is 8.00. The summed E-state index contributed by atoms with van der Waals surface area (Å²) in [5.74, 6) is -0.224. The van der Waals surface area contributed by atoms with Gasteiger partial charge in [0.25, 0.3) is 0 Å². The normalized spacial score (nSPS) is 19.3. The topological polar surface area (TPSA) is 58.6 Å². The van der Waals surface area contributed by atoms with Crippen LogP contribution in [0.2, 0.25) is 0 Å². The first-order valence-electron chi connectivity index (χ1n) is 6.93. The van der Waals surface area contributed by atoms with Crippen molar-refractivity contribution in [3.05, 3.63) is 0 Å². The molecule has 0 saturated heterocycles. The Morgan fingerprint density at radius 3 is 2.42 bits per heavy atom. The van der Waals surface area contributed by atoms with E-state index in [0.717, 1.165) is 13.0 Å². The van der Waals surface area contributed by atoms with Gasteiger partial charge in [-0.2, -0.15) is 11.8 Å². The van der Waals surface area contributed by atoms with Crippen molar-refractivity contribution in [3.63, 3.8) is 0 Å². The lowest BCUT2D eigenvalue weighted by Crippen LogP contribution is -2.52. The molecular weight excluding hydrogens is 262 g/mol. The van der Waals surface area contributed by atoms with E-state index in [1.54, 1.807) is 18.7 Å². The second-order valence-corrected chi connectivity index (χ2v) is 7.17. The molecule has 0 heterocycles. The van der Waals surface area contributed by atoms with Crippen LogP contribution in [0.25, 0.3) is 0 Å². The summed E-state index contributed by atoms with van der Waals surface area (Å²) in [6.45, 7) is 10.6. The molecule has 0 aliphatic rings. The van der Waals surface area contributed by atoms with E-state index in [2.05, 4.69) is 19.2 Å². The summed E-state index contributed by atoms with van der Waals surface area (Å²) in [5.41, 5.74) is -0.657. The summed E-state index contributed by atoms with van der Waals surface area (Å²) in [6.07, 6.45) is 1.31. The van der Waals surface area contributed by atoms with E-state index < -0.39 is 5.54 Å². The van der Waals surface area contributed by atoms with E-state index in [4.69, 9.17) is 4.74 Å². The minimum absolute atomic E-state index is 0.156. The summed E-state index contributed by atoms with van der Waals surface area (Å²) in [6, 6.07) is 0. The number of methoxy groups -OCH3 is 1. The Hall–Kier alpha value is -0.260. The molecule has 0 bridgehead atoms. The van der Waals surface area contributed by atoms with Crippen molar-refractivity contribution in [2.24, 2.45) is 0 Å². The number of nitrogens with one attached hydrogen (secondary N) is 1. The Morgan fingerprint density at radius 2 is 2.00 bits per heavy atom. The van der Waals surface area contributed by atoms with Crippen molar-refractivity contribution < 1.29 is 14.6 Å². The second-order valence-electron chi connectivity index (χ2n) is 5.35. The third-order valence-corrected chi connectivity index (χ3v) is 4.68. The van der Waals surface area contributed by atoms with Crippen LogP contribution in [-0.4, -0.2) is 46.9 Å². The fourth-order valence-corrected chi connectivity index (χ4v) is 3.35. The maximum absolute atomic E-state index is 12.0. The molecule has 0 radical (unpaired) electrons. The van der Waals surface area contributed by atoms with Gasteiger partial charge in [-0.3, -0.25) is 4.79 Å². The zero-order chi connectivity index (χ0) is 15.1. The van der Waals surface area contributed by atoms with E-state index >= 15 is 0 Å². The van der Waals surface area contributed by atoms with Gasteiger partial charge in [0.05, 0.1) is 13.2 Å². The summed E-state index contributed by atoms with van der Waals surface area (Å²) in [5, 5.41) is 13.2. The zero-order valence-corrected chi connectivity index (χ0v) is 13.8. The van der Waals surface area contributed by atoms with Crippen LogP contribution in [0.15, 0.2) is 0 Å². The molecule has 0 fully saturated rings. The number of carbonyl (C=O) groups excluding carboxylic acids is 1. The molecule has 4 nitrogen and oxygen atoms in total. The lowest BCUT2D eigenvalue weighted by molar-refractivity contribution is -0.148. The average molecular weight is 291 g/mol. The summed E-state index contributed by atoms with van der Waals surface area (Å²) < 4.78 is 4.91. The highest BCUT2D eigenvalue weighted by atomic mass is 32.2. The fraction of sp³-hybridized carbons (Fsp3) is 0.929. The molecule has 4 unspecified atom stereocenters. The number of esters is 1. The molecule has 0 saturated carbocycles. The molecule has 2 N–H and O–H groups in total. The van der Waals surface area contributed by atoms with Gasteiger partial charge in [-0.15, -0.1) is 0 Å². The van der Waals surface area contributed by atoms with Gasteiger partial charge in [0.1, 0.15) is 5.54 Å². The molecule has 0 aromatic rings. The monoisotopic (exact) mass is 291 g/mol. The average Bonchev–Trinajstić information content (AvgIpc) is 2.34. The smallest absolute Gasteiger partial charge is 0.325 e. The standard InChI is InChI=1S/C14H29NO3S/c1-7-8-15-14(5,13(17)18-6)9-10(2)19-12(4)11(3)16/h10-12,15-16H,7-9H2,1-6H3. The summed E-state index contributed by atoms with van der Waals surface area (Å²) >= 11 is 1.70. The Kier molecular flexibility index (Phi) is 8.70. The third-order valence-electron chi connectivity index (χ3n) is 3.22. The first-order chi connectivity index (χ1) is 8.76. The molecule has 4 atom stereocenters. The first kappa shape index (κ1) is 18.7.